The summed E-state index contributed by atoms with van der Waals surface area (Å²) in [5.74, 6) is 0.496. The Morgan fingerprint density at radius 2 is 1.89 bits per heavy atom. The maximum Gasteiger partial charge on any atom is 0.198 e. The van der Waals surface area contributed by atoms with Crippen molar-refractivity contribution in [3.63, 3.8) is 0 Å². The fourth-order valence-electron chi connectivity index (χ4n) is 2.54. The lowest BCUT2D eigenvalue weighted by Crippen LogP contribution is -2.40. The van der Waals surface area contributed by atoms with Crippen LogP contribution >= 0.6 is 15.9 Å². The highest BCUT2D eigenvalue weighted by Gasteiger charge is 2.47. The molecule has 2 rings (SSSR count). The molecule has 5 heteroatoms. The van der Waals surface area contributed by atoms with Gasteiger partial charge in [-0.05, 0) is 59.7 Å². The fraction of sp³-hybridized carbons (Fsp3) is 0.500. The van der Waals surface area contributed by atoms with Crippen molar-refractivity contribution in [2.75, 3.05) is 0 Å². The summed E-state index contributed by atoms with van der Waals surface area (Å²) in [6.07, 6.45) is 2.43. The molecule has 1 aliphatic rings. The number of hydrogen-bond acceptors (Lipinski definition) is 3. The molecule has 0 radical (unpaired) electrons. The molecule has 0 heterocycles. The summed E-state index contributed by atoms with van der Waals surface area (Å²) in [7, 11) is -3.64. The molecule has 0 aromatic heterocycles. The van der Waals surface area contributed by atoms with Crippen LogP contribution in [0.5, 0.6) is 0 Å². The molecule has 1 aliphatic carbocycles. The maximum absolute atomic E-state index is 12.8. The van der Waals surface area contributed by atoms with Crippen molar-refractivity contribution in [2.24, 2.45) is 5.92 Å². The standard InChI is InChI=1S/C14H16BrNO2S/c1-11-6-8-14(10-16,9-7-11)19(17,18)13-5-3-2-4-12(13)15/h2-5,11H,6-9H2,1H3. The highest BCUT2D eigenvalue weighted by Crippen LogP contribution is 2.42. The first-order valence-electron chi connectivity index (χ1n) is 6.33. The minimum atomic E-state index is -3.64. The van der Waals surface area contributed by atoms with Gasteiger partial charge in [0.1, 0.15) is 0 Å². The molecule has 3 nitrogen and oxygen atoms in total. The van der Waals surface area contributed by atoms with Crippen LogP contribution in [0.15, 0.2) is 33.6 Å². The molecule has 1 aromatic rings. The largest absolute Gasteiger partial charge is 0.222 e. The second-order valence-electron chi connectivity index (χ2n) is 5.22. The van der Waals surface area contributed by atoms with Gasteiger partial charge in [-0.25, -0.2) is 8.42 Å². The summed E-state index contributed by atoms with van der Waals surface area (Å²) >= 11 is 3.28. The Labute approximate surface area is 122 Å². The summed E-state index contributed by atoms with van der Waals surface area (Å²) < 4.78 is 24.9. The van der Waals surface area contributed by atoms with Gasteiger partial charge in [-0.2, -0.15) is 5.26 Å². The van der Waals surface area contributed by atoms with Crippen molar-refractivity contribution < 1.29 is 8.42 Å². The second-order valence-corrected chi connectivity index (χ2v) is 8.30. The van der Waals surface area contributed by atoms with E-state index >= 15 is 0 Å². The lowest BCUT2D eigenvalue weighted by Gasteiger charge is -2.33. The molecule has 0 amide bonds. The molecule has 0 bridgehead atoms. The molecule has 0 spiro atoms. The van der Waals surface area contributed by atoms with E-state index in [-0.39, 0.29) is 4.90 Å². The van der Waals surface area contributed by atoms with Gasteiger partial charge in [0.25, 0.3) is 0 Å². The van der Waals surface area contributed by atoms with E-state index in [2.05, 4.69) is 28.9 Å². The molecule has 1 fully saturated rings. The highest BCUT2D eigenvalue weighted by atomic mass is 79.9. The predicted molar refractivity (Wildman–Crippen MR) is 77.3 cm³/mol. The van der Waals surface area contributed by atoms with Crippen LogP contribution in [0.4, 0.5) is 0 Å². The first-order valence-corrected chi connectivity index (χ1v) is 8.61. The van der Waals surface area contributed by atoms with Crippen LogP contribution < -0.4 is 0 Å². The molecule has 1 aromatic carbocycles. The highest BCUT2D eigenvalue weighted by molar-refractivity contribution is 9.10. The number of benzene rings is 1. The minimum Gasteiger partial charge on any atom is -0.222 e. The number of hydrogen-bond donors (Lipinski definition) is 0. The van der Waals surface area contributed by atoms with E-state index in [1.165, 1.54) is 0 Å². The molecule has 0 atom stereocenters. The van der Waals surface area contributed by atoms with Gasteiger partial charge < -0.3 is 0 Å². The third-order valence-corrected chi connectivity index (χ3v) is 7.34. The van der Waals surface area contributed by atoms with E-state index in [1.54, 1.807) is 24.3 Å². The van der Waals surface area contributed by atoms with Gasteiger partial charge in [0.2, 0.25) is 0 Å². The summed E-state index contributed by atoms with van der Waals surface area (Å²) in [5, 5.41) is 9.47. The Balaban J connectivity index is 2.50. The van der Waals surface area contributed by atoms with E-state index < -0.39 is 14.6 Å². The van der Waals surface area contributed by atoms with Crippen molar-refractivity contribution in [1.82, 2.24) is 0 Å². The molecular formula is C14H16BrNO2S. The summed E-state index contributed by atoms with van der Waals surface area (Å²) in [6, 6.07) is 8.82. The predicted octanol–water partition coefficient (Wildman–Crippen LogP) is 3.70. The zero-order valence-corrected chi connectivity index (χ0v) is 13.2. The third-order valence-electron chi connectivity index (χ3n) is 3.93. The van der Waals surface area contributed by atoms with Crippen LogP contribution in [0.25, 0.3) is 0 Å². The van der Waals surface area contributed by atoms with Crippen molar-refractivity contribution in [1.29, 1.82) is 5.26 Å². The Hall–Kier alpha value is -0.860. The first-order chi connectivity index (χ1) is 8.93. The van der Waals surface area contributed by atoms with Gasteiger partial charge >= 0.3 is 0 Å². The average Bonchev–Trinajstić information content (AvgIpc) is 2.40. The van der Waals surface area contributed by atoms with Crippen molar-refractivity contribution in [3.8, 4) is 6.07 Å². The van der Waals surface area contributed by atoms with Gasteiger partial charge in [-0.3, -0.25) is 0 Å². The van der Waals surface area contributed by atoms with E-state index in [0.717, 1.165) is 12.8 Å². The lowest BCUT2D eigenvalue weighted by atomic mass is 9.83. The van der Waals surface area contributed by atoms with Gasteiger partial charge in [-0.1, -0.05) is 19.1 Å². The monoisotopic (exact) mass is 341 g/mol. The van der Waals surface area contributed by atoms with Crippen LogP contribution in [0.2, 0.25) is 0 Å². The molecule has 0 unspecified atom stereocenters. The van der Waals surface area contributed by atoms with Crippen LogP contribution in [-0.4, -0.2) is 13.2 Å². The Morgan fingerprint density at radius 1 is 1.32 bits per heavy atom. The molecule has 0 aliphatic heterocycles. The smallest absolute Gasteiger partial charge is 0.198 e. The van der Waals surface area contributed by atoms with Crippen LogP contribution in [0.1, 0.15) is 32.6 Å². The zero-order chi connectivity index (χ0) is 14.1. The topological polar surface area (TPSA) is 57.9 Å². The summed E-state index contributed by atoms with van der Waals surface area (Å²) in [6.45, 7) is 2.10. The normalized spacial score (nSPS) is 27.7. The van der Waals surface area contributed by atoms with Crippen molar-refractivity contribution in [3.05, 3.63) is 28.7 Å². The second kappa shape index (κ2) is 5.26. The number of sulfone groups is 1. The number of nitriles is 1. The molecule has 102 valence electrons. The Bertz CT molecular complexity index is 611. The van der Waals surface area contributed by atoms with Crippen LogP contribution in [-0.2, 0) is 9.84 Å². The molecule has 0 N–H and O–H groups in total. The number of halogens is 1. The minimum absolute atomic E-state index is 0.228. The summed E-state index contributed by atoms with van der Waals surface area (Å²) in [4.78, 5) is 0.228. The summed E-state index contributed by atoms with van der Waals surface area (Å²) in [5.41, 5.74) is 0. The number of rotatable bonds is 2. The van der Waals surface area contributed by atoms with Gasteiger partial charge in [0.05, 0.1) is 11.0 Å². The van der Waals surface area contributed by atoms with E-state index in [0.29, 0.717) is 23.2 Å². The zero-order valence-electron chi connectivity index (χ0n) is 10.8. The number of nitrogens with zero attached hydrogens (tertiary/aromatic N) is 1. The molecular weight excluding hydrogens is 326 g/mol. The molecule has 19 heavy (non-hydrogen) atoms. The van der Waals surface area contributed by atoms with Crippen molar-refractivity contribution in [2.45, 2.75) is 42.2 Å². The van der Waals surface area contributed by atoms with E-state index in [9.17, 15) is 13.7 Å². The van der Waals surface area contributed by atoms with E-state index in [4.69, 9.17) is 0 Å². The third kappa shape index (κ3) is 2.44. The quantitative estimate of drug-likeness (QED) is 0.823. The lowest BCUT2D eigenvalue weighted by molar-refractivity contribution is 0.345. The fourth-order valence-corrected chi connectivity index (χ4v) is 5.36. The van der Waals surface area contributed by atoms with Gasteiger partial charge in [0, 0.05) is 4.47 Å². The Morgan fingerprint density at radius 3 is 2.42 bits per heavy atom. The van der Waals surface area contributed by atoms with Crippen LogP contribution in [0, 0.1) is 17.2 Å². The van der Waals surface area contributed by atoms with E-state index in [1.807, 2.05) is 0 Å². The molecule has 0 saturated heterocycles. The van der Waals surface area contributed by atoms with Crippen molar-refractivity contribution >= 4 is 25.8 Å². The first kappa shape index (κ1) is 14.5. The maximum atomic E-state index is 12.8. The Kier molecular flexibility index (Phi) is 4.03. The SMILES string of the molecule is CC1CCC(C#N)(S(=O)(=O)c2ccccc2Br)CC1. The average molecular weight is 342 g/mol. The van der Waals surface area contributed by atoms with Crippen LogP contribution in [0.3, 0.4) is 0 Å². The van der Waals surface area contributed by atoms with Gasteiger partial charge in [0.15, 0.2) is 14.6 Å². The molecule has 1 saturated carbocycles. The van der Waals surface area contributed by atoms with Gasteiger partial charge in [-0.15, -0.1) is 0 Å².